The summed E-state index contributed by atoms with van der Waals surface area (Å²) in [5, 5.41) is 11.2. The molecule has 0 aliphatic heterocycles. The maximum absolute atomic E-state index is 12.3. The first-order chi connectivity index (χ1) is 14.5. The number of carbonyl (C=O) groups excluding carboxylic acids is 2. The monoisotopic (exact) mass is 414 g/mol. The van der Waals surface area contributed by atoms with Crippen LogP contribution in [-0.4, -0.2) is 53.0 Å². The third-order valence-corrected chi connectivity index (χ3v) is 3.92. The Hall–Kier alpha value is -3.93. The van der Waals surface area contributed by atoms with Gasteiger partial charge in [0, 0.05) is 5.56 Å². The van der Waals surface area contributed by atoms with Crippen molar-refractivity contribution in [2.75, 3.05) is 41.1 Å². The highest BCUT2D eigenvalue weighted by molar-refractivity contribution is 5.97. The lowest BCUT2D eigenvalue weighted by molar-refractivity contribution is -0.143. The van der Waals surface area contributed by atoms with Crippen molar-refractivity contribution in [3.8, 4) is 29.1 Å². The zero-order valence-corrected chi connectivity index (χ0v) is 16.9. The third-order valence-electron chi connectivity index (χ3n) is 3.92. The summed E-state index contributed by atoms with van der Waals surface area (Å²) in [6.07, 6.45) is 0. The van der Waals surface area contributed by atoms with Crippen LogP contribution in [0.15, 0.2) is 36.4 Å². The molecule has 0 unspecified atom stereocenters. The summed E-state index contributed by atoms with van der Waals surface area (Å²) in [5.41, 5.74) is 0.762. The SMILES string of the molecule is COc1cc(C(=O)NCC(=O)OCCOc2ccc(C#N)cc2)cc(OC)c1OC. The summed E-state index contributed by atoms with van der Waals surface area (Å²) in [6, 6.07) is 11.5. The number of nitrogens with one attached hydrogen (secondary N) is 1. The van der Waals surface area contributed by atoms with Crippen LogP contribution in [-0.2, 0) is 9.53 Å². The van der Waals surface area contributed by atoms with Gasteiger partial charge >= 0.3 is 5.97 Å². The minimum atomic E-state index is -0.612. The van der Waals surface area contributed by atoms with Gasteiger partial charge in [-0.25, -0.2) is 0 Å². The van der Waals surface area contributed by atoms with E-state index < -0.39 is 11.9 Å². The maximum Gasteiger partial charge on any atom is 0.325 e. The van der Waals surface area contributed by atoms with Crippen LogP contribution in [0.1, 0.15) is 15.9 Å². The molecule has 0 radical (unpaired) electrons. The van der Waals surface area contributed by atoms with Gasteiger partial charge in [0.05, 0.1) is 33.0 Å². The van der Waals surface area contributed by atoms with Crippen molar-refractivity contribution in [1.82, 2.24) is 5.32 Å². The molecule has 2 rings (SSSR count). The number of nitrogens with zero attached hydrogens (tertiary/aromatic N) is 1. The molecule has 1 amide bonds. The van der Waals surface area contributed by atoms with E-state index in [2.05, 4.69) is 5.32 Å². The molecule has 0 aromatic heterocycles. The summed E-state index contributed by atoms with van der Waals surface area (Å²) in [7, 11) is 4.34. The number of methoxy groups -OCH3 is 3. The van der Waals surface area contributed by atoms with E-state index in [1.807, 2.05) is 6.07 Å². The second-order valence-corrected chi connectivity index (χ2v) is 5.80. The normalized spacial score (nSPS) is 9.80. The Morgan fingerprint density at radius 1 is 0.967 bits per heavy atom. The van der Waals surface area contributed by atoms with E-state index in [0.717, 1.165) is 0 Å². The fourth-order valence-corrected chi connectivity index (χ4v) is 2.46. The van der Waals surface area contributed by atoms with E-state index in [1.165, 1.54) is 33.5 Å². The highest BCUT2D eigenvalue weighted by Gasteiger charge is 2.17. The molecule has 0 aliphatic rings. The van der Waals surface area contributed by atoms with E-state index >= 15 is 0 Å². The van der Waals surface area contributed by atoms with Gasteiger partial charge < -0.3 is 29.0 Å². The lowest BCUT2D eigenvalue weighted by Gasteiger charge is -2.14. The van der Waals surface area contributed by atoms with E-state index in [9.17, 15) is 9.59 Å². The van der Waals surface area contributed by atoms with E-state index in [0.29, 0.717) is 28.6 Å². The predicted octanol–water partition coefficient (Wildman–Crippen LogP) is 1.94. The summed E-state index contributed by atoms with van der Waals surface area (Å²) in [5.74, 6) is 0.451. The molecule has 158 valence electrons. The largest absolute Gasteiger partial charge is 0.493 e. The van der Waals surface area contributed by atoms with Crippen molar-refractivity contribution in [3.05, 3.63) is 47.5 Å². The maximum atomic E-state index is 12.3. The lowest BCUT2D eigenvalue weighted by atomic mass is 10.1. The second kappa shape index (κ2) is 11.2. The second-order valence-electron chi connectivity index (χ2n) is 5.80. The third kappa shape index (κ3) is 6.04. The molecule has 0 atom stereocenters. The van der Waals surface area contributed by atoms with E-state index in [4.69, 9.17) is 28.9 Å². The van der Waals surface area contributed by atoms with Crippen molar-refractivity contribution < 1.29 is 33.3 Å². The molecule has 9 heteroatoms. The Morgan fingerprint density at radius 3 is 2.13 bits per heavy atom. The summed E-state index contributed by atoms with van der Waals surface area (Å²) in [4.78, 5) is 24.2. The topological polar surface area (TPSA) is 116 Å². The van der Waals surface area contributed by atoms with Crippen LogP contribution in [0, 0.1) is 11.3 Å². The van der Waals surface area contributed by atoms with Gasteiger partial charge in [0.25, 0.3) is 5.91 Å². The fraction of sp³-hybridized carbons (Fsp3) is 0.286. The zero-order chi connectivity index (χ0) is 21.9. The number of benzene rings is 2. The van der Waals surface area contributed by atoms with Crippen LogP contribution in [0.3, 0.4) is 0 Å². The van der Waals surface area contributed by atoms with Crippen LogP contribution in [0.25, 0.3) is 0 Å². The van der Waals surface area contributed by atoms with Gasteiger partial charge in [0.1, 0.15) is 25.5 Å². The molecular formula is C21H22N2O7. The first-order valence-electron chi connectivity index (χ1n) is 8.89. The molecule has 0 saturated heterocycles. The molecule has 30 heavy (non-hydrogen) atoms. The van der Waals surface area contributed by atoms with Crippen molar-refractivity contribution in [3.63, 3.8) is 0 Å². The molecular weight excluding hydrogens is 392 g/mol. The van der Waals surface area contributed by atoms with Gasteiger partial charge in [-0.15, -0.1) is 0 Å². The average molecular weight is 414 g/mol. The molecule has 1 N–H and O–H groups in total. The van der Waals surface area contributed by atoms with Gasteiger partial charge in [-0.1, -0.05) is 0 Å². The molecule has 0 spiro atoms. The Labute approximate surface area is 174 Å². The first-order valence-corrected chi connectivity index (χ1v) is 8.89. The molecule has 0 fully saturated rings. The molecule has 0 saturated carbocycles. The molecule has 2 aromatic rings. The van der Waals surface area contributed by atoms with Crippen LogP contribution in [0.5, 0.6) is 23.0 Å². The highest BCUT2D eigenvalue weighted by Crippen LogP contribution is 2.38. The molecule has 0 heterocycles. The van der Waals surface area contributed by atoms with E-state index in [-0.39, 0.29) is 25.3 Å². The smallest absolute Gasteiger partial charge is 0.325 e. The van der Waals surface area contributed by atoms with Crippen molar-refractivity contribution in [1.29, 1.82) is 5.26 Å². The standard InChI is InChI=1S/C21H22N2O7/c1-26-17-10-15(11-18(27-2)20(17)28-3)21(25)23-13-19(24)30-9-8-29-16-6-4-14(12-22)5-7-16/h4-7,10-11H,8-9,13H2,1-3H3,(H,23,25). The fourth-order valence-electron chi connectivity index (χ4n) is 2.46. The minimum Gasteiger partial charge on any atom is -0.493 e. The zero-order valence-electron chi connectivity index (χ0n) is 16.9. The van der Waals surface area contributed by atoms with Gasteiger partial charge in [-0.3, -0.25) is 9.59 Å². The first kappa shape index (κ1) is 22.4. The minimum absolute atomic E-state index is 0.0128. The van der Waals surface area contributed by atoms with Crippen molar-refractivity contribution in [2.45, 2.75) is 0 Å². The Morgan fingerprint density at radius 2 is 1.60 bits per heavy atom. The molecule has 0 bridgehead atoms. The van der Waals surface area contributed by atoms with E-state index in [1.54, 1.807) is 24.3 Å². The van der Waals surface area contributed by atoms with Crippen LogP contribution in [0.2, 0.25) is 0 Å². The van der Waals surface area contributed by atoms with Gasteiger partial charge in [-0.2, -0.15) is 5.26 Å². The molecule has 2 aromatic carbocycles. The summed E-state index contributed by atoms with van der Waals surface area (Å²) < 4.78 is 26.0. The van der Waals surface area contributed by atoms with Crippen molar-refractivity contribution >= 4 is 11.9 Å². The van der Waals surface area contributed by atoms with Crippen molar-refractivity contribution in [2.24, 2.45) is 0 Å². The predicted molar refractivity (Wildman–Crippen MR) is 106 cm³/mol. The number of esters is 1. The lowest BCUT2D eigenvalue weighted by Crippen LogP contribution is -2.31. The summed E-state index contributed by atoms with van der Waals surface area (Å²) >= 11 is 0. The van der Waals surface area contributed by atoms with Crippen LogP contribution >= 0.6 is 0 Å². The Kier molecular flexibility index (Phi) is 8.32. The number of carbonyl (C=O) groups is 2. The number of ether oxygens (including phenoxy) is 5. The Balaban J connectivity index is 1.80. The van der Waals surface area contributed by atoms with Crippen LogP contribution in [0.4, 0.5) is 0 Å². The number of nitriles is 1. The van der Waals surface area contributed by atoms with Gasteiger partial charge in [0.15, 0.2) is 11.5 Å². The molecule has 9 nitrogen and oxygen atoms in total. The highest BCUT2D eigenvalue weighted by atomic mass is 16.6. The van der Waals surface area contributed by atoms with Crippen LogP contribution < -0.4 is 24.3 Å². The number of hydrogen-bond donors (Lipinski definition) is 1. The van der Waals surface area contributed by atoms with Gasteiger partial charge in [-0.05, 0) is 36.4 Å². The number of hydrogen-bond acceptors (Lipinski definition) is 8. The molecule has 0 aliphatic carbocycles. The average Bonchev–Trinajstić information content (AvgIpc) is 2.79. The Bertz CT molecular complexity index is 895. The number of amides is 1. The summed E-state index contributed by atoms with van der Waals surface area (Å²) in [6.45, 7) is -0.163. The quantitative estimate of drug-likeness (QED) is 0.463. The van der Waals surface area contributed by atoms with Gasteiger partial charge in [0.2, 0.25) is 5.75 Å². The number of rotatable bonds is 10.